The van der Waals surface area contributed by atoms with Crippen molar-refractivity contribution in [3.63, 3.8) is 0 Å². The average molecular weight is 292 g/mol. The molecule has 2 rings (SSSR count). The molecule has 1 aromatic carbocycles. The van der Waals surface area contributed by atoms with E-state index in [1.54, 1.807) is 24.5 Å². The molecule has 86 valence electrons. The fraction of sp³-hybridized carbons (Fsp3) is 0.0769. The van der Waals surface area contributed by atoms with E-state index in [2.05, 4.69) is 20.9 Å². The van der Waals surface area contributed by atoms with Crippen molar-refractivity contribution in [1.29, 1.82) is 0 Å². The highest BCUT2D eigenvalue weighted by Gasteiger charge is 2.08. The third-order valence-corrected chi connectivity index (χ3v) is 2.77. The molecular formula is C13H10BrNO2. The van der Waals surface area contributed by atoms with Crippen molar-refractivity contribution >= 4 is 21.9 Å². The highest BCUT2D eigenvalue weighted by molar-refractivity contribution is 9.10. The first-order chi connectivity index (χ1) is 8.20. The maximum absolute atomic E-state index is 11.5. The third kappa shape index (κ3) is 2.71. The van der Waals surface area contributed by atoms with Gasteiger partial charge in [-0.1, -0.05) is 22.0 Å². The van der Waals surface area contributed by atoms with Gasteiger partial charge in [0.05, 0.1) is 12.7 Å². The fourth-order valence-electron chi connectivity index (χ4n) is 1.53. The van der Waals surface area contributed by atoms with E-state index in [1.807, 2.05) is 18.2 Å². The molecular weight excluding hydrogens is 282 g/mol. The third-order valence-electron chi connectivity index (χ3n) is 2.31. The lowest BCUT2D eigenvalue weighted by molar-refractivity contribution is 0.0600. The lowest BCUT2D eigenvalue weighted by Crippen LogP contribution is -2.01. The molecule has 0 saturated heterocycles. The number of methoxy groups -OCH3 is 1. The van der Waals surface area contributed by atoms with Crippen molar-refractivity contribution in [2.75, 3.05) is 7.11 Å². The molecule has 0 bridgehead atoms. The van der Waals surface area contributed by atoms with Gasteiger partial charge < -0.3 is 4.74 Å². The number of aromatic nitrogens is 1. The SMILES string of the molecule is COC(=O)c1cc(Br)cc(-c2cccnc2)c1. The second kappa shape index (κ2) is 5.10. The van der Waals surface area contributed by atoms with Crippen molar-refractivity contribution in [1.82, 2.24) is 4.98 Å². The van der Waals surface area contributed by atoms with E-state index in [0.29, 0.717) is 5.56 Å². The normalized spacial score (nSPS) is 10.0. The predicted octanol–water partition coefficient (Wildman–Crippen LogP) is 3.30. The molecule has 0 unspecified atom stereocenters. The highest BCUT2D eigenvalue weighted by Crippen LogP contribution is 2.24. The summed E-state index contributed by atoms with van der Waals surface area (Å²) in [5.74, 6) is -0.351. The Labute approximate surface area is 108 Å². The largest absolute Gasteiger partial charge is 0.465 e. The molecule has 0 radical (unpaired) electrons. The zero-order valence-electron chi connectivity index (χ0n) is 9.18. The minimum absolute atomic E-state index is 0.351. The van der Waals surface area contributed by atoms with Gasteiger partial charge in [0.2, 0.25) is 0 Å². The van der Waals surface area contributed by atoms with Crippen molar-refractivity contribution in [2.24, 2.45) is 0 Å². The van der Waals surface area contributed by atoms with Crippen LogP contribution in [0.3, 0.4) is 0 Å². The van der Waals surface area contributed by atoms with E-state index in [0.717, 1.165) is 15.6 Å². The Bertz CT molecular complexity index is 540. The first kappa shape index (κ1) is 11.8. The van der Waals surface area contributed by atoms with Crippen LogP contribution in [0.4, 0.5) is 0 Å². The van der Waals surface area contributed by atoms with Crippen LogP contribution < -0.4 is 0 Å². The van der Waals surface area contributed by atoms with Crippen LogP contribution in [0.1, 0.15) is 10.4 Å². The lowest BCUT2D eigenvalue weighted by Gasteiger charge is -2.05. The van der Waals surface area contributed by atoms with Crippen molar-refractivity contribution < 1.29 is 9.53 Å². The van der Waals surface area contributed by atoms with Gasteiger partial charge in [0, 0.05) is 22.4 Å². The van der Waals surface area contributed by atoms with Gasteiger partial charge in [-0.15, -0.1) is 0 Å². The number of halogens is 1. The molecule has 2 aromatic rings. The molecule has 17 heavy (non-hydrogen) atoms. The van der Waals surface area contributed by atoms with Gasteiger partial charge in [-0.3, -0.25) is 4.98 Å². The molecule has 0 fully saturated rings. The van der Waals surface area contributed by atoms with E-state index in [4.69, 9.17) is 4.74 Å². The van der Waals surface area contributed by atoms with Crippen LogP contribution in [0.5, 0.6) is 0 Å². The number of hydrogen-bond donors (Lipinski definition) is 0. The number of benzene rings is 1. The number of nitrogens with zero attached hydrogens (tertiary/aromatic N) is 1. The standard InChI is InChI=1S/C13H10BrNO2/c1-17-13(16)11-5-10(6-12(14)7-11)9-3-2-4-15-8-9/h2-8H,1H3. The molecule has 4 heteroatoms. The minimum Gasteiger partial charge on any atom is -0.465 e. The predicted molar refractivity (Wildman–Crippen MR) is 68.7 cm³/mol. The van der Waals surface area contributed by atoms with E-state index in [9.17, 15) is 4.79 Å². The van der Waals surface area contributed by atoms with E-state index in [-0.39, 0.29) is 5.97 Å². The Kier molecular flexibility index (Phi) is 3.54. The van der Waals surface area contributed by atoms with Gasteiger partial charge in [0.25, 0.3) is 0 Å². The number of carbonyl (C=O) groups is 1. The summed E-state index contributed by atoms with van der Waals surface area (Å²) in [7, 11) is 1.37. The van der Waals surface area contributed by atoms with E-state index in [1.165, 1.54) is 7.11 Å². The van der Waals surface area contributed by atoms with Gasteiger partial charge in [-0.2, -0.15) is 0 Å². The summed E-state index contributed by atoms with van der Waals surface area (Å²) in [4.78, 5) is 15.5. The van der Waals surface area contributed by atoms with Crippen LogP contribution in [0, 0.1) is 0 Å². The molecule has 0 amide bonds. The number of rotatable bonds is 2. The van der Waals surface area contributed by atoms with Crippen LogP contribution in [0.15, 0.2) is 47.2 Å². The molecule has 0 saturated carbocycles. The molecule has 1 heterocycles. The Hall–Kier alpha value is -1.68. The van der Waals surface area contributed by atoms with Crippen LogP contribution in [-0.2, 0) is 4.74 Å². The smallest absolute Gasteiger partial charge is 0.337 e. The van der Waals surface area contributed by atoms with E-state index < -0.39 is 0 Å². The lowest BCUT2D eigenvalue weighted by atomic mass is 10.1. The van der Waals surface area contributed by atoms with Gasteiger partial charge in [0.1, 0.15) is 0 Å². The summed E-state index contributed by atoms with van der Waals surface area (Å²) in [5, 5.41) is 0. The summed E-state index contributed by atoms with van der Waals surface area (Å²) in [6.07, 6.45) is 3.46. The zero-order chi connectivity index (χ0) is 12.3. The molecule has 3 nitrogen and oxygen atoms in total. The molecule has 0 aliphatic heterocycles. The maximum Gasteiger partial charge on any atom is 0.337 e. The molecule has 0 N–H and O–H groups in total. The number of hydrogen-bond acceptors (Lipinski definition) is 3. The number of carbonyl (C=O) groups excluding carboxylic acids is 1. The molecule has 0 atom stereocenters. The van der Waals surface area contributed by atoms with Gasteiger partial charge in [-0.25, -0.2) is 4.79 Å². The van der Waals surface area contributed by atoms with Crippen LogP contribution in [0.25, 0.3) is 11.1 Å². The van der Waals surface area contributed by atoms with Gasteiger partial charge in [-0.05, 0) is 29.8 Å². The summed E-state index contributed by atoms with van der Waals surface area (Å²) in [6, 6.07) is 9.24. The fourth-order valence-corrected chi connectivity index (χ4v) is 2.02. The summed E-state index contributed by atoms with van der Waals surface area (Å²) in [5.41, 5.74) is 2.40. The van der Waals surface area contributed by atoms with Crippen LogP contribution in [0.2, 0.25) is 0 Å². The molecule has 1 aromatic heterocycles. The first-order valence-electron chi connectivity index (χ1n) is 5.00. The van der Waals surface area contributed by atoms with Gasteiger partial charge >= 0.3 is 5.97 Å². The second-order valence-electron chi connectivity index (χ2n) is 3.46. The summed E-state index contributed by atoms with van der Waals surface area (Å²) >= 11 is 3.38. The van der Waals surface area contributed by atoms with Crippen molar-refractivity contribution in [2.45, 2.75) is 0 Å². The zero-order valence-corrected chi connectivity index (χ0v) is 10.8. The number of ether oxygens (including phenoxy) is 1. The molecule has 0 aliphatic carbocycles. The summed E-state index contributed by atoms with van der Waals surface area (Å²) in [6.45, 7) is 0. The second-order valence-corrected chi connectivity index (χ2v) is 4.38. The molecule has 0 aliphatic rings. The first-order valence-corrected chi connectivity index (χ1v) is 5.79. The summed E-state index contributed by atoms with van der Waals surface area (Å²) < 4.78 is 5.54. The number of pyridine rings is 1. The Morgan fingerprint density at radius 2 is 2.12 bits per heavy atom. The Morgan fingerprint density at radius 3 is 2.76 bits per heavy atom. The quantitative estimate of drug-likeness (QED) is 0.797. The minimum atomic E-state index is -0.351. The van der Waals surface area contributed by atoms with Crippen LogP contribution >= 0.6 is 15.9 Å². The monoisotopic (exact) mass is 291 g/mol. The molecule has 0 spiro atoms. The topological polar surface area (TPSA) is 39.2 Å². The maximum atomic E-state index is 11.5. The van der Waals surface area contributed by atoms with Crippen LogP contribution in [-0.4, -0.2) is 18.1 Å². The van der Waals surface area contributed by atoms with E-state index >= 15 is 0 Å². The average Bonchev–Trinajstić information content (AvgIpc) is 2.38. The van der Waals surface area contributed by atoms with Gasteiger partial charge in [0.15, 0.2) is 0 Å². The van der Waals surface area contributed by atoms with Crippen molar-refractivity contribution in [3.05, 3.63) is 52.8 Å². The van der Waals surface area contributed by atoms with Crippen molar-refractivity contribution in [3.8, 4) is 11.1 Å². The number of esters is 1. The Balaban J connectivity index is 2.49. The highest BCUT2D eigenvalue weighted by atomic mass is 79.9. The Morgan fingerprint density at radius 1 is 1.29 bits per heavy atom.